The first-order chi connectivity index (χ1) is 10.4. The van der Waals surface area contributed by atoms with Crippen molar-refractivity contribution in [3.8, 4) is 0 Å². The highest BCUT2D eigenvalue weighted by Crippen LogP contribution is 2.23. The lowest BCUT2D eigenvalue weighted by Gasteiger charge is -2.25. The number of benzene rings is 1. The number of hydrogen-bond acceptors (Lipinski definition) is 3. The van der Waals surface area contributed by atoms with E-state index in [2.05, 4.69) is 0 Å². The van der Waals surface area contributed by atoms with E-state index in [-0.39, 0.29) is 17.8 Å². The Labute approximate surface area is 141 Å². The Morgan fingerprint density at radius 2 is 1.95 bits per heavy atom. The van der Waals surface area contributed by atoms with Crippen molar-refractivity contribution < 1.29 is 14.3 Å². The van der Waals surface area contributed by atoms with Gasteiger partial charge in [-0.05, 0) is 24.6 Å². The van der Waals surface area contributed by atoms with Gasteiger partial charge >= 0.3 is 5.97 Å². The van der Waals surface area contributed by atoms with Crippen molar-refractivity contribution in [1.29, 1.82) is 0 Å². The van der Waals surface area contributed by atoms with Crippen LogP contribution in [0.1, 0.15) is 37.0 Å². The van der Waals surface area contributed by atoms with Gasteiger partial charge in [0, 0.05) is 18.7 Å². The summed E-state index contributed by atoms with van der Waals surface area (Å²) in [6.07, 6.45) is 1.82. The minimum Gasteiger partial charge on any atom is -0.469 e. The van der Waals surface area contributed by atoms with E-state index in [9.17, 15) is 9.59 Å². The molecule has 0 fully saturated rings. The highest BCUT2D eigenvalue weighted by atomic mass is 35.5. The molecule has 1 rings (SSSR count). The van der Waals surface area contributed by atoms with Gasteiger partial charge in [0.25, 0.3) is 5.91 Å². The summed E-state index contributed by atoms with van der Waals surface area (Å²) < 4.78 is 4.72. The smallest absolute Gasteiger partial charge is 0.310 e. The van der Waals surface area contributed by atoms with Crippen molar-refractivity contribution in [3.05, 3.63) is 33.8 Å². The van der Waals surface area contributed by atoms with Crippen LogP contribution in [0.25, 0.3) is 0 Å². The van der Waals surface area contributed by atoms with Crippen LogP contribution in [0.15, 0.2) is 18.2 Å². The summed E-state index contributed by atoms with van der Waals surface area (Å²) in [7, 11) is 1.34. The van der Waals surface area contributed by atoms with E-state index in [4.69, 9.17) is 27.9 Å². The highest BCUT2D eigenvalue weighted by molar-refractivity contribution is 6.42. The quantitative estimate of drug-likeness (QED) is 0.700. The molecule has 0 spiro atoms. The van der Waals surface area contributed by atoms with Crippen LogP contribution in [-0.4, -0.2) is 37.0 Å². The lowest BCUT2D eigenvalue weighted by Crippen LogP contribution is -2.38. The molecule has 122 valence electrons. The largest absolute Gasteiger partial charge is 0.469 e. The number of esters is 1. The Kier molecular flexibility index (Phi) is 7.69. The number of carbonyl (C=O) groups is 2. The number of ether oxygens (including phenoxy) is 1. The third kappa shape index (κ3) is 5.18. The summed E-state index contributed by atoms with van der Waals surface area (Å²) in [6, 6.07) is 4.78. The van der Waals surface area contributed by atoms with E-state index in [1.54, 1.807) is 30.0 Å². The van der Waals surface area contributed by atoms with E-state index in [1.165, 1.54) is 7.11 Å². The van der Waals surface area contributed by atoms with E-state index in [1.807, 2.05) is 6.92 Å². The molecule has 0 aromatic heterocycles. The molecule has 0 aliphatic carbocycles. The van der Waals surface area contributed by atoms with Crippen LogP contribution in [0.4, 0.5) is 0 Å². The van der Waals surface area contributed by atoms with Gasteiger partial charge in [-0.25, -0.2) is 0 Å². The van der Waals surface area contributed by atoms with Crippen LogP contribution in [-0.2, 0) is 9.53 Å². The van der Waals surface area contributed by atoms with Gasteiger partial charge in [0.1, 0.15) is 0 Å². The van der Waals surface area contributed by atoms with Crippen LogP contribution >= 0.6 is 23.2 Å². The van der Waals surface area contributed by atoms with Crippen LogP contribution < -0.4 is 0 Å². The molecule has 0 radical (unpaired) electrons. The van der Waals surface area contributed by atoms with Gasteiger partial charge < -0.3 is 9.64 Å². The molecule has 1 unspecified atom stereocenters. The second-order valence-electron chi connectivity index (χ2n) is 5.16. The van der Waals surface area contributed by atoms with Crippen molar-refractivity contribution >= 4 is 35.1 Å². The second kappa shape index (κ2) is 9.01. The van der Waals surface area contributed by atoms with Gasteiger partial charge in [-0.2, -0.15) is 0 Å². The van der Waals surface area contributed by atoms with Crippen molar-refractivity contribution in [1.82, 2.24) is 4.90 Å². The number of nitrogens with zero attached hydrogens (tertiary/aromatic N) is 1. The second-order valence-corrected chi connectivity index (χ2v) is 5.97. The van der Waals surface area contributed by atoms with Crippen LogP contribution in [0.2, 0.25) is 10.0 Å². The number of methoxy groups -OCH3 is 1. The average Bonchev–Trinajstić information content (AvgIpc) is 2.52. The van der Waals surface area contributed by atoms with E-state index >= 15 is 0 Å². The molecule has 0 aliphatic heterocycles. The van der Waals surface area contributed by atoms with Crippen LogP contribution in [0, 0.1) is 5.92 Å². The normalized spacial score (nSPS) is 11.9. The molecule has 0 saturated carbocycles. The maximum atomic E-state index is 12.6. The number of carbonyl (C=O) groups excluding carboxylic acids is 2. The molecule has 22 heavy (non-hydrogen) atoms. The number of hydrogen-bond donors (Lipinski definition) is 0. The number of amides is 1. The molecule has 0 saturated heterocycles. The highest BCUT2D eigenvalue weighted by Gasteiger charge is 2.22. The van der Waals surface area contributed by atoms with Gasteiger partial charge in [-0.15, -0.1) is 0 Å². The zero-order valence-corrected chi connectivity index (χ0v) is 14.6. The van der Waals surface area contributed by atoms with Gasteiger partial charge in [-0.1, -0.05) is 43.5 Å². The average molecular weight is 346 g/mol. The fraction of sp³-hybridized carbons (Fsp3) is 0.500. The van der Waals surface area contributed by atoms with Gasteiger partial charge in [0.2, 0.25) is 0 Å². The van der Waals surface area contributed by atoms with Gasteiger partial charge in [-0.3, -0.25) is 9.59 Å². The summed E-state index contributed by atoms with van der Waals surface area (Å²) in [6.45, 7) is 4.68. The maximum Gasteiger partial charge on any atom is 0.310 e. The predicted octanol–water partition coefficient (Wildman–Crippen LogP) is 4.04. The minimum absolute atomic E-state index is 0.164. The summed E-state index contributed by atoms with van der Waals surface area (Å²) in [5.41, 5.74) is 0.461. The standard InChI is InChI=1S/C16H21Cl2NO3/c1-4-5-8-19(10-11(2)16(21)22-3)15(20)12-6-7-13(17)14(18)9-12/h6-7,9,11H,4-5,8,10H2,1-3H3. The third-order valence-corrected chi connectivity index (χ3v) is 4.07. The topological polar surface area (TPSA) is 46.6 Å². The fourth-order valence-corrected chi connectivity index (χ4v) is 2.34. The molecule has 1 aromatic carbocycles. The SMILES string of the molecule is CCCCN(CC(C)C(=O)OC)C(=O)c1ccc(Cl)c(Cl)c1. The summed E-state index contributed by atoms with van der Waals surface area (Å²) >= 11 is 11.8. The minimum atomic E-state index is -0.381. The van der Waals surface area contributed by atoms with Crippen molar-refractivity contribution in [2.24, 2.45) is 5.92 Å². The Hall–Kier alpha value is -1.26. The first kappa shape index (κ1) is 18.8. The monoisotopic (exact) mass is 345 g/mol. The van der Waals surface area contributed by atoms with E-state index in [0.717, 1.165) is 12.8 Å². The molecular formula is C16H21Cl2NO3. The Morgan fingerprint density at radius 3 is 2.50 bits per heavy atom. The molecule has 1 amide bonds. The fourth-order valence-electron chi connectivity index (χ4n) is 2.04. The summed E-state index contributed by atoms with van der Waals surface area (Å²) in [5, 5.41) is 0.741. The molecule has 4 nitrogen and oxygen atoms in total. The third-order valence-electron chi connectivity index (χ3n) is 3.33. The molecule has 0 N–H and O–H groups in total. The number of rotatable bonds is 7. The Bertz CT molecular complexity index is 534. The molecule has 0 heterocycles. The molecular weight excluding hydrogens is 325 g/mol. The molecule has 0 aliphatic rings. The number of unbranched alkanes of at least 4 members (excludes halogenated alkanes) is 1. The first-order valence-corrected chi connectivity index (χ1v) is 7.98. The molecule has 1 atom stereocenters. The van der Waals surface area contributed by atoms with E-state index in [0.29, 0.717) is 28.7 Å². The maximum absolute atomic E-state index is 12.6. The van der Waals surface area contributed by atoms with Crippen LogP contribution in [0.3, 0.4) is 0 Å². The predicted molar refractivity (Wildman–Crippen MR) is 88.5 cm³/mol. The molecule has 0 bridgehead atoms. The number of halogens is 2. The van der Waals surface area contributed by atoms with Crippen molar-refractivity contribution in [2.75, 3.05) is 20.2 Å². The zero-order valence-electron chi connectivity index (χ0n) is 13.1. The van der Waals surface area contributed by atoms with Crippen molar-refractivity contribution in [2.45, 2.75) is 26.7 Å². The van der Waals surface area contributed by atoms with E-state index < -0.39 is 0 Å². The van der Waals surface area contributed by atoms with Crippen molar-refractivity contribution in [3.63, 3.8) is 0 Å². The van der Waals surface area contributed by atoms with Crippen LogP contribution in [0.5, 0.6) is 0 Å². The molecule has 6 heteroatoms. The lowest BCUT2D eigenvalue weighted by molar-refractivity contribution is -0.145. The Balaban J connectivity index is 2.91. The molecule has 1 aromatic rings. The Morgan fingerprint density at radius 1 is 1.27 bits per heavy atom. The summed E-state index contributed by atoms with van der Waals surface area (Å²) in [5.74, 6) is -0.875. The zero-order chi connectivity index (χ0) is 16.7. The van der Waals surface area contributed by atoms with Gasteiger partial charge in [0.05, 0.1) is 23.1 Å². The lowest BCUT2D eigenvalue weighted by atomic mass is 10.1. The summed E-state index contributed by atoms with van der Waals surface area (Å²) in [4.78, 5) is 25.9. The van der Waals surface area contributed by atoms with Gasteiger partial charge in [0.15, 0.2) is 0 Å². The first-order valence-electron chi connectivity index (χ1n) is 7.22.